The summed E-state index contributed by atoms with van der Waals surface area (Å²) in [6, 6.07) is 0. The Hall–Kier alpha value is -2.89. The molecule has 0 fully saturated rings. The largest absolute Gasteiger partial charge is 0.480 e. The van der Waals surface area contributed by atoms with Gasteiger partial charge in [0.15, 0.2) is 0 Å². The molecule has 0 rings (SSSR count). The Morgan fingerprint density at radius 1 is 0.694 bits per heavy atom. The number of nitrogens with one attached hydrogen (secondary N) is 1. The molecule has 6 N–H and O–H groups in total. The van der Waals surface area contributed by atoms with Crippen LogP contribution in [-0.4, -0.2) is 168 Å². The van der Waals surface area contributed by atoms with Gasteiger partial charge < -0.3 is 40.3 Å². The second-order valence-electron chi connectivity index (χ2n) is 7.80. The first-order valence-electron chi connectivity index (χ1n) is 11.0. The molecule has 0 radical (unpaired) electrons. The van der Waals surface area contributed by atoms with Crippen molar-refractivity contribution in [3.63, 3.8) is 0 Å². The van der Waals surface area contributed by atoms with E-state index in [1.807, 2.05) is 0 Å². The summed E-state index contributed by atoms with van der Waals surface area (Å²) in [6.45, 7) is -2.01. The molecule has 0 heterocycles. The smallest absolute Gasteiger partial charge is 0.317 e. The van der Waals surface area contributed by atoms with Gasteiger partial charge in [-0.15, -0.1) is 0 Å². The number of carboxylic acids is 4. The summed E-state index contributed by atoms with van der Waals surface area (Å²) in [6.07, 6.45) is -0.984. The van der Waals surface area contributed by atoms with Gasteiger partial charge in [0, 0.05) is 39.8 Å². The van der Waals surface area contributed by atoms with Crippen LogP contribution in [0, 0.1) is 0 Å². The number of ether oxygens (including phenoxy) is 2. The van der Waals surface area contributed by atoms with Gasteiger partial charge in [0.2, 0.25) is 5.91 Å². The van der Waals surface area contributed by atoms with E-state index in [0.717, 1.165) is 9.80 Å². The number of rotatable bonds is 23. The van der Waals surface area contributed by atoms with E-state index in [-0.39, 0.29) is 52.5 Å². The van der Waals surface area contributed by atoms with Crippen molar-refractivity contribution in [2.75, 3.05) is 92.4 Å². The molecule has 0 aromatic carbocycles. The van der Waals surface area contributed by atoms with Gasteiger partial charge >= 0.3 is 23.9 Å². The van der Waals surface area contributed by atoms with Gasteiger partial charge in [-0.2, -0.15) is 0 Å². The van der Waals surface area contributed by atoms with Gasteiger partial charge in [0.05, 0.1) is 58.6 Å². The fourth-order valence-electron chi connectivity index (χ4n) is 2.94. The first kappa shape index (κ1) is 33.1. The van der Waals surface area contributed by atoms with Crippen LogP contribution in [0.3, 0.4) is 0 Å². The van der Waals surface area contributed by atoms with Crippen LogP contribution in [0.2, 0.25) is 0 Å². The van der Waals surface area contributed by atoms with Crippen LogP contribution >= 0.6 is 0 Å². The summed E-state index contributed by atoms with van der Waals surface area (Å²) in [5, 5.41) is 48.4. The second-order valence-corrected chi connectivity index (χ2v) is 7.80. The summed E-state index contributed by atoms with van der Waals surface area (Å²) in [5.41, 5.74) is 0. The zero-order valence-electron chi connectivity index (χ0n) is 20.2. The maximum atomic E-state index is 12.4. The van der Waals surface area contributed by atoms with Crippen molar-refractivity contribution >= 4 is 29.8 Å². The van der Waals surface area contributed by atoms with E-state index >= 15 is 0 Å². The van der Waals surface area contributed by atoms with Gasteiger partial charge in [0.1, 0.15) is 0 Å². The van der Waals surface area contributed by atoms with Crippen molar-refractivity contribution in [2.24, 2.45) is 0 Å². The molecular formula is C20H36N4O12. The zero-order chi connectivity index (χ0) is 27.5. The Morgan fingerprint density at radius 3 is 1.50 bits per heavy atom. The van der Waals surface area contributed by atoms with E-state index in [2.05, 4.69) is 5.32 Å². The Labute approximate surface area is 208 Å². The van der Waals surface area contributed by atoms with Gasteiger partial charge in [-0.1, -0.05) is 0 Å². The maximum Gasteiger partial charge on any atom is 0.317 e. The monoisotopic (exact) mass is 524 g/mol. The van der Waals surface area contributed by atoms with Crippen LogP contribution in [0.25, 0.3) is 0 Å². The number of hydrogen-bond acceptors (Lipinski definition) is 11. The number of aliphatic hydroxyl groups excluding tert-OH is 1. The predicted molar refractivity (Wildman–Crippen MR) is 122 cm³/mol. The predicted octanol–water partition coefficient (Wildman–Crippen LogP) is -3.63. The zero-order valence-corrected chi connectivity index (χ0v) is 20.2. The van der Waals surface area contributed by atoms with E-state index in [4.69, 9.17) is 29.9 Å². The third-order valence-electron chi connectivity index (χ3n) is 4.54. The Morgan fingerprint density at radius 2 is 1.11 bits per heavy atom. The molecule has 0 bridgehead atoms. The minimum Gasteiger partial charge on any atom is -0.480 e. The number of methoxy groups -OCH3 is 1. The van der Waals surface area contributed by atoms with Crippen LogP contribution < -0.4 is 5.32 Å². The van der Waals surface area contributed by atoms with Crippen LogP contribution in [0.4, 0.5) is 0 Å². The number of aliphatic hydroxyl groups is 1. The first-order chi connectivity index (χ1) is 16.9. The molecule has 36 heavy (non-hydrogen) atoms. The number of carbonyl (C=O) groups excluding carboxylic acids is 1. The lowest BCUT2D eigenvalue weighted by Crippen LogP contribution is -2.47. The molecule has 16 heteroatoms. The normalized spacial score (nSPS) is 12.1. The van der Waals surface area contributed by atoms with Crippen molar-refractivity contribution in [2.45, 2.75) is 6.10 Å². The van der Waals surface area contributed by atoms with Crippen LogP contribution in [0.1, 0.15) is 0 Å². The van der Waals surface area contributed by atoms with E-state index in [1.54, 1.807) is 0 Å². The van der Waals surface area contributed by atoms with Gasteiger partial charge in [-0.25, -0.2) is 0 Å². The molecule has 0 spiro atoms. The number of hydrogen-bond donors (Lipinski definition) is 6. The summed E-state index contributed by atoms with van der Waals surface area (Å²) in [7, 11) is 1.50. The maximum absolute atomic E-state index is 12.4. The molecule has 0 aliphatic carbocycles. The van der Waals surface area contributed by atoms with Crippen molar-refractivity contribution in [1.82, 2.24) is 20.0 Å². The van der Waals surface area contributed by atoms with E-state index in [1.165, 1.54) is 12.0 Å². The van der Waals surface area contributed by atoms with Gasteiger partial charge in [-0.3, -0.25) is 38.7 Å². The van der Waals surface area contributed by atoms with Gasteiger partial charge in [0.25, 0.3) is 0 Å². The lowest BCUT2D eigenvalue weighted by molar-refractivity contribution is -0.143. The topological polar surface area (TPSA) is 227 Å². The molecule has 0 saturated carbocycles. The summed E-state index contributed by atoms with van der Waals surface area (Å²) in [5.74, 6) is -5.47. The fourth-order valence-corrected chi connectivity index (χ4v) is 2.94. The number of nitrogens with zero attached hydrogens (tertiary/aromatic N) is 3. The highest BCUT2D eigenvalue weighted by molar-refractivity contribution is 5.78. The van der Waals surface area contributed by atoms with Crippen molar-refractivity contribution in [3.05, 3.63) is 0 Å². The molecule has 0 saturated heterocycles. The Bertz CT molecular complexity index is 636. The molecule has 208 valence electrons. The average Bonchev–Trinajstić information content (AvgIpc) is 2.75. The SMILES string of the molecule is COCCOCC(O)CNC(=O)CN(CCN(CC(=O)O)CC(=O)O)CCN(CC(=O)O)CC(=O)O. The molecular weight excluding hydrogens is 488 g/mol. The lowest BCUT2D eigenvalue weighted by Gasteiger charge is -2.28. The van der Waals surface area contributed by atoms with Crippen LogP contribution in [-0.2, 0) is 33.4 Å². The van der Waals surface area contributed by atoms with Crippen molar-refractivity contribution < 1.29 is 59.0 Å². The first-order valence-corrected chi connectivity index (χ1v) is 11.0. The van der Waals surface area contributed by atoms with Gasteiger partial charge in [-0.05, 0) is 0 Å². The number of aliphatic carboxylic acids is 4. The fraction of sp³-hybridized carbons (Fsp3) is 0.750. The van der Waals surface area contributed by atoms with Crippen molar-refractivity contribution in [3.8, 4) is 0 Å². The van der Waals surface area contributed by atoms with Crippen LogP contribution in [0.15, 0.2) is 0 Å². The minimum atomic E-state index is -1.24. The Balaban J connectivity index is 5.08. The summed E-state index contributed by atoms with van der Waals surface area (Å²) >= 11 is 0. The van der Waals surface area contributed by atoms with E-state index in [0.29, 0.717) is 6.61 Å². The Kier molecular flexibility index (Phi) is 17.8. The third kappa shape index (κ3) is 19.4. The van der Waals surface area contributed by atoms with Crippen molar-refractivity contribution in [1.29, 1.82) is 0 Å². The molecule has 1 atom stereocenters. The minimum absolute atomic E-state index is 0.0324. The molecule has 0 aliphatic heterocycles. The second kappa shape index (κ2) is 19.3. The molecule has 0 aliphatic rings. The average molecular weight is 525 g/mol. The number of carbonyl (C=O) groups is 5. The number of amides is 1. The lowest BCUT2D eigenvalue weighted by atomic mass is 10.3. The molecule has 16 nitrogen and oxygen atoms in total. The highest BCUT2D eigenvalue weighted by Gasteiger charge is 2.20. The highest BCUT2D eigenvalue weighted by atomic mass is 16.5. The van der Waals surface area contributed by atoms with E-state index in [9.17, 15) is 29.1 Å². The number of carboxylic acid groups (broad SMARTS) is 4. The molecule has 0 aromatic rings. The summed E-state index contributed by atoms with van der Waals surface area (Å²) < 4.78 is 9.98. The van der Waals surface area contributed by atoms with Crippen LogP contribution in [0.5, 0.6) is 0 Å². The molecule has 0 aromatic heterocycles. The molecule has 1 amide bonds. The standard InChI is InChI=1S/C20H36N4O12/c1-35-6-7-36-14-15(25)8-21-16(26)9-22(2-4-23(10-17(27)28)11-18(29)30)3-5-24(12-19(31)32)13-20(33)34/h15,25H,2-14H2,1H3,(H,21,26)(H,27,28)(H,29,30)(H,31,32)(H,33,34). The molecule has 1 unspecified atom stereocenters. The summed E-state index contributed by atoms with van der Waals surface area (Å²) in [4.78, 5) is 60.3. The highest BCUT2D eigenvalue weighted by Crippen LogP contribution is 1.98. The quantitative estimate of drug-likeness (QED) is 0.0709. The van der Waals surface area contributed by atoms with E-state index < -0.39 is 62.1 Å². The third-order valence-corrected chi connectivity index (χ3v) is 4.54.